The molecule has 0 aliphatic heterocycles. The molecule has 0 atom stereocenters. The number of rotatable bonds is 5. The summed E-state index contributed by atoms with van der Waals surface area (Å²) in [4.78, 5) is 11.9. The van der Waals surface area contributed by atoms with Crippen molar-refractivity contribution in [1.29, 1.82) is 5.26 Å². The molecule has 2 amide bonds. The van der Waals surface area contributed by atoms with E-state index < -0.39 is 0 Å². The van der Waals surface area contributed by atoms with E-state index in [2.05, 4.69) is 17.6 Å². The molecule has 0 saturated carbocycles. The van der Waals surface area contributed by atoms with Crippen molar-refractivity contribution in [1.82, 2.24) is 0 Å². The number of nitrogens with one attached hydrogen (secondary N) is 2. The Morgan fingerprint density at radius 2 is 1.86 bits per heavy atom. The lowest BCUT2D eigenvalue weighted by atomic mass is 10.1. The standard InChI is InChI=1S/C17H17N3O2/c1-2-13-4-3-5-15(12-13)20-17(21)19-14-6-8-16(9-7-14)22-11-10-18/h3-9,12H,2,11H2,1H3,(H2,19,20,21). The van der Waals surface area contributed by atoms with Crippen molar-refractivity contribution < 1.29 is 9.53 Å². The van der Waals surface area contributed by atoms with Gasteiger partial charge in [0.1, 0.15) is 11.8 Å². The topological polar surface area (TPSA) is 74.2 Å². The summed E-state index contributed by atoms with van der Waals surface area (Å²) in [6, 6.07) is 16.1. The van der Waals surface area contributed by atoms with Crippen molar-refractivity contribution in [3.05, 3.63) is 54.1 Å². The van der Waals surface area contributed by atoms with Crippen molar-refractivity contribution in [2.24, 2.45) is 0 Å². The van der Waals surface area contributed by atoms with Crippen molar-refractivity contribution in [2.45, 2.75) is 13.3 Å². The molecule has 0 saturated heterocycles. The Balaban J connectivity index is 1.92. The van der Waals surface area contributed by atoms with Gasteiger partial charge in [-0.1, -0.05) is 19.1 Å². The minimum absolute atomic E-state index is 0.00102. The highest BCUT2D eigenvalue weighted by molar-refractivity contribution is 5.99. The average molecular weight is 295 g/mol. The van der Waals surface area contributed by atoms with E-state index in [0.29, 0.717) is 11.4 Å². The lowest BCUT2D eigenvalue weighted by Crippen LogP contribution is -2.19. The predicted octanol–water partition coefficient (Wildman–Crippen LogP) is 3.80. The normalized spacial score (nSPS) is 9.64. The van der Waals surface area contributed by atoms with E-state index in [4.69, 9.17) is 10.00 Å². The van der Waals surface area contributed by atoms with Crippen LogP contribution < -0.4 is 15.4 Å². The molecular weight excluding hydrogens is 278 g/mol. The van der Waals surface area contributed by atoms with E-state index >= 15 is 0 Å². The van der Waals surface area contributed by atoms with Crippen molar-refractivity contribution >= 4 is 17.4 Å². The Morgan fingerprint density at radius 1 is 1.14 bits per heavy atom. The highest BCUT2D eigenvalue weighted by Gasteiger charge is 2.03. The van der Waals surface area contributed by atoms with Crippen LogP contribution in [0.15, 0.2) is 48.5 Å². The highest BCUT2D eigenvalue weighted by Crippen LogP contribution is 2.16. The second kappa shape index (κ2) is 7.70. The van der Waals surface area contributed by atoms with Gasteiger partial charge in [-0.15, -0.1) is 0 Å². The van der Waals surface area contributed by atoms with Crippen LogP contribution in [0.2, 0.25) is 0 Å². The number of benzene rings is 2. The molecule has 2 aromatic rings. The zero-order chi connectivity index (χ0) is 15.8. The van der Waals surface area contributed by atoms with Crippen LogP contribution in [0, 0.1) is 11.3 Å². The van der Waals surface area contributed by atoms with Crippen molar-refractivity contribution in [2.75, 3.05) is 17.2 Å². The second-order valence-corrected chi connectivity index (χ2v) is 4.60. The zero-order valence-electron chi connectivity index (χ0n) is 12.3. The number of carbonyl (C=O) groups is 1. The number of hydrogen-bond acceptors (Lipinski definition) is 3. The third kappa shape index (κ3) is 4.53. The van der Waals surface area contributed by atoms with Gasteiger partial charge in [-0.05, 0) is 48.4 Å². The third-order valence-electron chi connectivity index (χ3n) is 3.01. The molecule has 2 rings (SSSR count). The average Bonchev–Trinajstić information content (AvgIpc) is 2.54. The Morgan fingerprint density at radius 3 is 2.55 bits per heavy atom. The fourth-order valence-electron chi connectivity index (χ4n) is 1.91. The van der Waals surface area contributed by atoms with Gasteiger partial charge >= 0.3 is 6.03 Å². The maximum atomic E-state index is 11.9. The van der Waals surface area contributed by atoms with E-state index in [1.165, 1.54) is 0 Å². The molecule has 112 valence electrons. The summed E-state index contributed by atoms with van der Waals surface area (Å²) >= 11 is 0. The maximum absolute atomic E-state index is 11.9. The number of urea groups is 1. The van der Waals surface area contributed by atoms with Gasteiger partial charge in [-0.2, -0.15) is 5.26 Å². The number of nitrogens with zero attached hydrogens (tertiary/aromatic N) is 1. The summed E-state index contributed by atoms with van der Waals surface area (Å²) in [6.07, 6.45) is 0.918. The van der Waals surface area contributed by atoms with Gasteiger partial charge in [-0.3, -0.25) is 0 Å². The number of hydrogen-bond donors (Lipinski definition) is 2. The largest absolute Gasteiger partial charge is 0.479 e. The van der Waals surface area contributed by atoms with Crippen LogP contribution in [0.25, 0.3) is 0 Å². The molecular formula is C17H17N3O2. The van der Waals surface area contributed by atoms with Crippen LogP contribution in [0.4, 0.5) is 16.2 Å². The first-order chi connectivity index (χ1) is 10.7. The number of nitriles is 1. The van der Waals surface area contributed by atoms with E-state index in [1.54, 1.807) is 24.3 Å². The van der Waals surface area contributed by atoms with Crippen molar-refractivity contribution in [3.8, 4) is 11.8 Å². The molecule has 0 spiro atoms. The third-order valence-corrected chi connectivity index (χ3v) is 3.01. The molecule has 0 heterocycles. The first-order valence-electron chi connectivity index (χ1n) is 6.98. The first kappa shape index (κ1) is 15.4. The first-order valence-corrected chi connectivity index (χ1v) is 6.98. The summed E-state index contributed by atoms with van der Waals surface area (Å²) in [5.74, 6) is 0.586. The monoisotopic (exact) mass is 295 g/mol. The molecule has 2 aromatic carbocycles. The smallest absolute Gasteiger partial charge is 0.323 e. The van der Waals surface area contributed by atoms with Gasteiger partial charge in [0.05, 0.1) is 0 Å². The number of carbonyl (C=O) groups excluding carboxylic acids is 1. The van der Waals surface area contributed by atoms with E-state index in [9.17, 15) is 4.79 Å². The van der Waals surface area contributed by atoms with Crippen LogP contribution in [0.5, 0.6) is 5.75 Å². The quantitative estimate of drug-likeness (QED) is 0.881. The number of aryl methyl sites for hydroxylation is 1. The summed E-state index contributed by atoms with van der Waals surface area (Å²) in [7, 11) is 0. The van der Waals surface area contributed by atoms with E-state index in [1.807, 2.05) is 30.3 Å². The molecule has 0 radical (unpaired) electrons. The molecule has 0 aliphatic rings. The Kier molecular flexibility index (Phi) is 5.38. The SMILES string of the molecule is CCc1cccc(NC(=O)Nc2ccc(OCC#N)cc2)c1. The van der Waals surface area contributed by atoms with Gasteiger partial charge in [0, 0.05) is 11.4 Å². The number of amides is 2. The number of ether oxygens (including phenoxy) is 1. The van der Waals surface area contributed by atoms with Crippen LogP contribution in [0.3, 0.4) is 0 Å². The molecule has 0 fully saturated rings. The Labute approximate surface area is 129 Å². The Bertz CT molecular complexity index is 675. The lowest BCUT2D eigenvalue weighted by Gasteiger charge is -2.09. The highest BCUT2D eigenvalue weighted by atomic mass is 16.5. The van der Waals surface area contributed by atoms with Gasteiger partial charge < -0.3 is 15.4 Å². The summed E-state index contributed by atoms with van der Waals surface area (Å²) in [6.45, 7) is 2.07. The molecule has 0 unspecified atom stereocenters. The second-order valence-electron chi connectivity index (χ2n) is 4.60. The summed E-state index contributed by atoms with van der Waals surface area (Å²) in [5, 5.41) is 14.0. The van der Waals surface area contributed by atoms with Crippen LogP contribution in [-0.2, 0) is 6.42 Å². The summed E-state index contributed by atoms with van der Waals surface area (Å²) in [5.41, 5.74) is 2.57. The maximum Gasteiger partial charge on any atom is 0.323 e. The summed E-state index contributed by atoms with van der Waals surface area (Å²) < 4.78 is 5.15. The van der Waals surface area contributed by atoms with Crippen molar-refractivity contribution in [3.63, 3.8) is 0 Å². The van der Waals surface area contributed by atoms with E-state index in [-0.39, 0.29) is 12.6 Å². The fraction of sp³-hybridized carbons (Fsp3) is 0.176. The van der Waals surface area contributed by atoms with Gasteiger partial charge in [-0.25, -0.2) is 4.79 Å². The lowest BCUT2D eigenvalue weighted by molar-refractivity contribution is 0.262. The van der Waals surface area contributed by atoms with Gasteiger partial charge in [0.25, 0.3) is 0 Å². The molecule has 0 aromatic heterocycles. The molecule has 2 N–H and O–H groups in total. The zero-order valence-corrected chi connectivity index (χ0v) is 12.3. The molecule has 0 bridgehead atoms. The van der Waals surface area contributed by atoms with E-state index in [0.717, 1.165) is 17.7 Å². The minimum atomic E-state index is -0.307. The predicted molar refractivity (Wildman–Crippen MR) is 86.0 cm³/mol. The molecule has 0 aliphatic carbocycles. The van der Waals surface area contributed by atoms with Gasteiger partial charge in [0.15, 0.2) is 6.61 Å². The molecule has 22 heavy (non-hydrogen) atoms. The minimum Gasteiger partial charge on any atom is -0.479 e. The fourth-order valence-corrected chi connectivity index (χ4v) is 1.91. The van der Waals surface area contributed by atoms with Gasteiger partial charge in [0.2, 0.25) is 0 Å². The molecule has 5 nitrogen and oxygen atoms in total. The van der Waals surface area contributed by atoms with Crippen LogP contribution in [-0.4, -0.2) is 12.6 Å². The van der Waals surface area contributed by atoms with Crippen LogP contribution >= 0.6 is 0 Å². The number of anilines is 2. The van der Waals surface area contributed by atoms with Crippen LogP contribution in [0.1, 0.15) is 12.5 Å². The molecule has 5 heteroatoms. The Hall–Kier alpha value is -3.00.